The number of aryl methyl sites for hydroxylation is 1. The lowest BCUT2D eigenvalue weighted by Gasteiger charge is -2.28. The molecule has 1 aromatic carbocycles. The molecule has 0 bridgehead atoms. The Kier molecular flexibility index (Phi) is 3.76. The molecule has 0 radical (unpaired) electrons. The number of amides is 1. The minimum atomic E-state index is -0.634. The van der Waals surface area contributed by atoms with Crippen molar-refractivity contribution in [2.24, 2.45) is 5.73 Å². The maximum Gasteiger partial charge on any atom is 0.236 e. The Labute approximate surface area is 101 Å². The van der Waals surface area contributed by atoms with Crippen LogP contribution in [0.3, 0.4) is 0 Å². The van der Waals surface area contributed by atoms with Crippen molar-refractivity contribution in [3.8, 4) is 0 Å². The van der Waals surface area contributed by atoms with E-state index in [2.05, 4.69) is 17.4 Å². The number of fused-ring (bicyclic) bond motifs is 1. The van der Waals surface area contributed by atoms with Gasteiger partial charge in [0.15, 0.2) is 0 Å². The summed E-state index contributed by atoms with van der Waals surface area (Å²) in [4.78, 5) is 11.0. The fraction of sp³-hybridized carbons (Fsp3) is 0.462. The first kappa shape index (κ1) is 12.1. The van der Waals surface area contributed by atoms with Gasteiger partial charge in [-0.15, -0.1) is 0 Å². The number of primary amides is 1. The summed E-state index contributed by atoms with van der Waals surface area (Å²) in [6.07, 6.45) is 2.87. The molecule has 2 atom stereocenters. The summed E-state index contributed by atoms with van der Waals surface area (Å²) >= 11 is 0. The third kappa shape index (κ3) is 2.84. The Morgan fingerprint density at radius 2 is 2.18 bits per heavy atom. The van der Waals surface area contributed by atoms with Crippen LogP contribution in [0.5, 0.6) is 0 Å². The van der Waals surface area contributed by atoms with Crippen molar-refractivity contribution in [3.05, 3.63) is 35.4 Å². The van der Waals surface area contributed by atoms with Crippen LogP contribution in [0.25, 0.3) is 0 Å². The Morgan fingerprint density at radius 1 is 1.47 bits per heavy atom. The van der Waals surface area contributed by atoms with Crippen LogP contribution in [0.4, 0.5) is 0 Å². The van der Waals surface area contributed by atoms with Crippen LogP contribution in [-0.2, 0) is 17.6 Å². The molecule has 1 aromatic rings. The van der Waals surface area contributed by atoms with Gasteiger partial charge in [-0.3, -0.25) is 4.79 Å². The predicted molar refractivity (Wildman–Crippen MR) is 65.5 cm³/mol. The van der Waals surface area contributed by atoms with Crippen LogP contribution in [0.1, 0.15) is 17.5 Å². The highest BCUT2D eigenvalue weighted by Crippen LogP contribution is 2.21. The second-order valence-electron chi connectivity index (χ2n) is 4.51. The van der Waals surface area contributed by atoms with Crippen LogP contribution >= 0.6 is 0 Å². The largest absolute Gasteiger partial charge is 0.394 e. The second kappa shape index (κ2) is 5.29. The third-order valence-corrected chi connectivity index (χ3v) is 3.31. The van der Waals surface area contributed by atoms with Crippen molar-refractivity contribution in [1.82, 2.24) is 5.32 Å². The van der Waals surface area contributed by atoms with Gasteiger partial charge >= 0.3 is 0 Å². The number of nitrogens with two attached hydrogens (primary N) is 1. The van der Waals surface area contributed by atoms with Crippen molar-refractivity contribution in [1.29, 1.82) is 0 Å². The molecule has 0 spiro atoms. The molecule has 2 rings (SSSR count). The lowest BCUT2D eigenvalue weighted by Crippen LogP contribution is -2.50. The number of hydrogen-bond donors (Lipinski definition) is 3. The summed E-state index contributed by atoms with van der Waals surface area (Å²) in [6, 6.07) is 7.91. The van der Waals surface area contributed by atoms with Gasteiger partial charge in [0, 0.05) is 6.04 Å². The SMILES string of the molecule is NC(=O)C(CO)NC1CCc2ccccc2C1. The van der Waals surface area contributed by atoms with Gasteiger partial charge in [-0.25, -0.2) is 0 Å². The first-order valence-electron chi connectivity index (χ1n) is 5.93. The Morgan fingerprint density at radius 3 is 2.82 bits per heavy atom. The molecule has 0 heterocycles. The highest BCUT2D eigenvalue weighted by Gasteiger charge is 2.23. The van der Waals surface area contributed by atoms with Crippen LogP contribution in [0.15, 0.2) is 24.3 Å². The molecule has 1 amide bonds. The summed E-state index contributed by atoms with van der Waals surface area (Å²) in [5.74, 6) is -0.494. The van der Waals surface area contributed by atoms with E-state index in [0.717, 1.165) is 19.3 Å². The number of rotatable bonds is 4. The average molecular weight is 234 g/mol. The highest BCUT2D eigenvalue weighted by molar-refractivity contribution is 5.80. The molecule has 1 aliphatic carbocycles. The third-order valence-electron chi connectivity index (χ3n) is 3.31. The van der Waals surface area contributed by atoms with Gasteiger partial charge in [-0.1, -0.05) is 24.3 Å². The van der Waals surface area contributed by atoms with E-state index in [-0.39, 0.29) is 12.6 Å². The molecule has 92 valence electrons. The number of hydrogen-bond acceptors (Lipinski definition) is 3. The number of aliphatic hydroxyl groups is 1. The fourth-order valence-corrected chi connectivity index (χ4v) is 2.35. The average Bonchev–Trinajstić information content (AvgIpc) is 2.35. The molecule has 4 heteroatoms. The molecule has 0 saturated heterocycles. The maximum atomic E-state index is 11.0. The van der Waals surface area contributed by atoms with Gasteiger partial charge in [0.2, 0.25) is 5.91 Å². The Hall–Kier alpha value is -1.39. The van der Waals surface area contributed by atoms with Crippen molar-refractivity contribution < 1.29 is 9.90 Å². The highest BCUT2D eigenvalue weighted by atomic mass is 16.3. The standard InChI is InChI=1S/C13H18N2O2/c14-13(17)12(8-16)15-11-6-5-9-3-1-2-4-10(9)7-11/h1-4,11-12,15-16H,5-8H2,(H2,14,17). The van der Waals surface area contributed by atoms with Gasteiger partial charge in [0.1, 0.15) is 6.04 Å². The molecular formula is C13H18N2O2. The normalized spacial score (nSPS) is 20.6. The zero-order valence-electron chi connectivity index (χ0n) is 9.73. The minimum Gasteiger partial charge on any atom is -0.394 e. The molecule has 0 aromatic heterocycles. The topological polar surface area (TPSA) is 75.4 Å². The lowest BCUT2D eigenvalue weighted by atomic mass is 9.88. The summed E-state index contributed by atoms with van der Waals surface area (Å²) in [7, 11) is 0. The minimum absolute atomic E-state index is 0.217. The van der Waals surface area contributed by atoms with Gasteiger partial charge in [-0.05, 0) is 30.4 Å². The van der Waals surface area contributed by atoms with Crippen molar-refractivity contribution in [3.63, 3.8) is 0 Å². The zero-order chi connectivity index (χ0) is 12.3. The first-order valence-corrected chi connectivity index (χ1v) is 5.93. The fourth-order valence-electron chi connectivity index (χ4n) is 2.35. The first-order chi connectivity index (χ1) is 8.20. The Balaban J connectivity index is 2.00. The quantitative estimate of drug-likeness (QED) is 0.685. The number of benzene rings is 1. The van der Waals surface area contributed by atoms with E-state index in [9.17, 15) is 4.79 Å². The number of carbonyl (C=O) groups is 1. The molecule has 0 saturated carbocycles. The number of nitrogens with one attached hydrogen (secondary N) is 1. The molecule has 0 aliphatic heterocycles. The van der Waals surface area contributed by atoms with E-state index in [1.54, 1.807) is 0 Å². The van der Waals surface area contributed by atoms with Gasteiger partial charge in [-0.2, -0.15) is 0 Å². The molecule has 2 unspecified atom stereocenters. The maximum absolute atomic E-state index is 11.0. The van der Waals surface area contributed by atoms with E-state index in [1.807, 2.05) is 12.1 Å². The van der Waals surface area contributed by atoms with Crippen molar-refractivity contribution in [2.75, 3.05) is 6.61 Å². The summed E-state index contributed by atoms with van der Waals surface area (Å²) in [5, 5.41) is 12.2. The van der Waals surface area contributed by atoms with E-state index >= 15 is 0 Å². The van der Waals surface area contributed by atoms with Gasteiger partial charge in [0.25, 0.3) is 0 Å². The lowest BCUT2D eigenvalue weighted by molar-refractivity contribution is -0.121. The van der Waals surface area contributed by atoms with E-state index < -0.39 is 11.9 Å². The predicted octanol–water partition coefficient (Wildman–Crippen LogP) is -0.0203. The van der Waals surface area contributed by atoms with Crippen LogP contribution in [0.2, 0.25) is 0 Å². The molecule has 17 heavy (non-hydrogen) atoms. The molecule has 1 aliphatic rings. The number of carbonyl (C=O) groups excluding carboxylic acids is 1. The summed E-state index contributed by atoms with van der Waals surface area (Å²) in [6.45, 7) is -0.243. The molecule has 4 N–H and O–H groups in total. The summed E-state index contributed by atoms with van der Waals surface area (Å²) < 4.78 is 0. The zero-order valence-corrected chi connectivity index (χ0v) is 9.73. The van der Waals surface area contributed by atoms with Crippen molar-refractivity contribution >= 4 is 5.91 Å². The van der Waals surface area contributed by atoms with E-state index in [1.165, 1.54) is 11.1 Å². The van der Waals surface area contributed by atoms with E-state index in [0.29, 0.717) is 0 Å². The Bertz CT molecular complexity index is 406. The molecule has 0 fully saturated rings. The molecular weight excluding hydrogens is 216 g/mol. The summed E-state index contributed by atoms with van der Waals surface area (Å²) in [5.41, 5.74) is 7.89. The van der Waals surface area contributed by atoms with Crippen LogP contribution < -0.4 is 11.1 Å². The number of aliphatic hydroxyl groups excluding tert-OH is 1. The molecule has 4 nitrogen and oxygen atoms in total. The smallest absolute Gasteiger partial charge is 0.236 e. The van der Waals surface area contributed by atoms with Gasteiger partial charge in [0.05, 0.1) is 6.61 Å². The van der Waals surface area contributed by atoms with Crippen LogP contribution in [0, 0.1) is 0 Å². The van der Waals surface area contributed by atoms with Gasteiger partial charge < -0.3 is 16.2 Å². The van der Waals surface area contributed by atoms with Crippen molar-refractivity contribution in [2.45, 2.75) is 31.3 Å². The second-order valence-corrected chi connectivity index (χ2v) is 4.51. The monoisotopic (exact) mass is 234 g/mol. The van der Waals surface area contributed by atoms with Crippen LogP contribution in [-0.4, -0.2) is 29.7 Å². The van der Waals surface area contributed by atoms with E-state index in [4.69, 9.17) is 10.8 Å².